The molecule has 0 aromatic rings. The number of epoxide rings is 1. The zero-order valence-corrected chi connectivity index (χ0v) is 20.8. The summed E-state index contributed by atoms with van der Waals surface area (Å²) in [4.78, 5) is 39.7. The zero-order chi connectivity index (χ0) is 24.4. The van der Waals surface area contributed by atoms with E-state index < -0.39 is 16.4 Å². The van der Waals surface area contributed by atoms with Crippen molar-refractivity contribution in [2.24, 2.45) is 40.4 Å². The van der Waals surface area contributed by atoms with Crippen LogP contribution in [-0.4, -0.2) is 46.6 Å². The van der Waals surface area contributed by atoms with E-state index in [1.165, 1.54) is 0 Å². The lowest BCUT2D eigenvalue weighted by atomic mass is 9.43. The number of rotatable bonds is 2. The van der Waals surface area contributed by atoms with Crippen LogP contribution in [0.1, 0.15) is 66.7 Å². The number of aliphatic hydroxyl groups is 1. The average molecular weight is 469 g/mol. The number of esters is 1. The first-order valence-electron chi connectivity index (χ1n) is 13.0. The first-order valence-corrected chi connectivity index (χ1v) is 13.0. The fourth-order valence-electron chi connectivity index (χ4n) is 9.04. The van der Waals surface area contributed by atoms with Crippen LogP contribution in [0.15, 0.2) is 23.3 Å². The molecule has 1 N–H and O–H groups in total. The average Bonchev–Trinajstić information content (AvgIpc) is 3.51. The molecule has 6 heteroatoms. The first kappa shape index (κ1) is 22.7. The van der Waals surface area contributed by atoms with Crippen molar-refractivity contribution < 1.29 is 29.0 Å². The number of cyclic esters (lactones) is 1. The van der Waals surface area contributed by atoms with Crippen molar-refractivity contribution in [1.82, 2.24) is 0 Å². The van der Waals surface area contributed by atoms with Crippen LogP contribution < -0.4 is 0 Å². The number of allylic oxidation sites excluding steroid dienone is 1. The number of carbonyl (C=O) groups is 3. The molecule has 0 radical (unpaired) electrons. The SMILES string of the molecule is CC1=C(C)C(=O)OC(C(C)C2CCC3C4C5OC5C5(O)CC=CC(=O)C5(C)C4CC(=O)C23C)C1. The first-order chi connectivity index (χ1) is 16.0. The van der Waals surface area contributed by atoms with E-state index in [2.05, 4.69) is 13.8 Å². The highest BCUT2D eigenvalue weighted by atomic mass is 16.6. The molecule has 4 aliphatic carbocycles. The fraction of sp³-hybridized carbons (Fsp3) is 0.750. The molecule has 0 aromatic heterocycles. The minimum atomic E-state index is -1.23. The quantitative estimate of drug-likeness (QED) is 0.492. The van der Waals surface area contributed by atoms with E-state index in [9.17, 15) is 19.5 Å². The molecule has 2 heterocycles. The summed E-state index contributed by atoms with van der Waals surface area (Å²) in [5.41, 5.74) is -1.00. The highest BCUT2D eigenvalue weighted by Gasteiger charge is 2.78. The monoisotopic (exact) mass is 468 g/mol. The normalized spacial score (nSPS) is 52.4. The summed E-state index contributed by atoms with van der Waals surface area (Å²) in [5.74, 6) is 0.0467. The van der Waals surface area contributed by atoms with Crippen LogP contribution in [0.2, 0.25) is 0 Å². The molecule has 1 saturated heterocycles. The molecule has 2 aliphatic heterocycles. The summed E-state index contributed by atoms with van der Waals surface area (Å²) >= 11 is 0. The van der Waals surface area contributed by atoms with Crippen molar-refractivity contribution >= 4 is 17.5 Å². The number of ether oxygens (including phenoxy) is 2. The Morgan fingerprint density at radius 2 is 1.82 bits per heavy atom. The van der Waals surface area contributed by atoms with E-state index in [0.29, 0.717) is 18.4 Å². The Kier molecular flexibility index (Phi) is 4.60. The van der Waals surface area contributed by atoms with E-state index in [1.54, 1.807) is 12.2 Å². The predicted octanol–water partition coefficient (Wildman–Crippen LogP) is 3.56. The summed E-state index contributed by atoms with van der Waals surface area (Å²) in [6.45, 7) is 9.94. The maximum atomic E-state index is 14.0. The maximum absolute atomic E-state index is 14.0. The smallest absolute Gasteiger partial charge is 0.333 e. The maximum Gasteiger partial charge on any atom is 0.333 e. The van der Waals surface area contributed by atoms with E-state index in [1.807, 2.05) is 20.8 Å². The molecule has 0 bridgehead atoms. The Labute approximate surface area is 201 Å². The molecule has 0 spiro atoms. The lowest BCUT2D eigenvalue weighted by molar-refractivity contribution is -0.184. The van der Waals surface area contributed by atoms with Crippen molar-refractivity contribution in [3.8, 4) is 0 Å². The number of carbonyl (C=O) groups excluding carboxylic acids is 3. The molecule has 6 nitrogen and oxygen atoms in total. The van der Waals surface area contributed by atoms with Gasteiger partial charge in [0.25, 0.3) is 0 Å². The molecule has 6 rings (SSSR count). The molecule has 0 aromatic carbocycles. The minimum absolute atomic E-state index is 0.0637. The van der Waals surface area contributed by atoms with Gasteiger partial charge in [0.05, 0.1) is 11.5 Å². The van der Waals surface area contributed by atoms with Crippen molar-refractivity contribution in [2.45, 2.75) is 90.6 Å². The molecule has 34 heavy (non-hydrogen) atoms. The molecular formula is C28H36O6. The van der Waals surface area contributed by atoms with Gasteiger partial charge >= 0.3 is 5.97 Å². The van der Waals surface area contributed by atoms with Crippen molar-refractivity contribution in [2.75, 3.05) is 0 Å². The van der Waals surface area contributed by atoms with Gasteiger partial charge in [-0.05, 0) is 75.7 Å². The molecule has 4 fully saturated rings. The van der Waals surface area contributed by atoms with Crippen molar-refractivity contribution in [3.63, 3.8) is 0 Å². The van der Waals surface area contributed by atoms with Crippen LogP contribution in [0.3, 0.4) is 0 Å². The van der Waals surface area contributed by atoms with Crippen LogP contribution in [0.25, 0.3) is 0 Å². The second-order valence-corrected chi connectivity index (χ2v) is 12.4. The van der Waals surface area contributed by atoms with Crippen LogP contribution in [0.4, 0.5) is 0 Å². The molecule has 11 unspecified atom stereocenters. The zero-order valence-electron chi connectivity index (χ0n) is 20.8. The molecule has 3 saturated carbocycles. The van der Waals surface area contributed by atoms with Crippen LogP contribution >= 0.6 is 0 Å². The van der Waals surface area contributed by atoms with Crippen molar-refractivity contribution in [3.05, 3.63) is 23.3 Å². The van der Waals surface area contributed by atoms with Gasteiger partial charge in [-0.25, -0.2) is 4.79 Å². The van der Waals surface area contributed by atoms with Gasteiger partial charge in [-0.15, -0.1) is 0 Å². The Bertz CT molecular complexity index is 1060. The number of fused-ring (bicyclic) bond motifs is 8. The van der Waals surface area contributed by atoms with Gasteiger partial charge in [0.1, 0.15) is 23.6 Å². The summed E-state index contributed by atoms with van der Waals surface area (Å²) in [5, 5.41) is 11.7. The van der Waals surface area contributed by atoms with Gasteiger partial charge in [0.15, 0.2) is 5.78 Å². The molecular weight excluding hydrogens is 432 g/mol. The van der Waals surface area contributed by atoms with Crippen LogP contribution in [-0.2, 0) is 23.9 Å². The van der Waals surface area contributed by atoms with E-state index in [4.69, 9.17) is 9.47 Å². The summed E-state index contributed by atoms with van der Waals surface area (Å²) in [6.07, 6.45) is 5.93. The van der Waals surface area contributed by atoms with E-state index in [-0.39, 0.29) is 65.4 Å². The van der Waals surface area contributed by atoms with Gasteiger partial charge in [0.2, 0.25) is 0 Å². The van der Waals surface area contributed by atoms with Crippen LogP contribution in [0, 0.1) is 40.4 Å². The molecule has 184 valence electrons. The van der Waals surface area contributed by atoms with Gasteiger partial charge in [0, 0.05) is 23.8 Å². The Morgan fingerprint density at radius 3 is 2.53 bits per heavy atom. The third kappa shape index (κ3) is 2.52. The standard InChI is InChI=1S/C28H36O6/c1-13-11-19(33-25(31)14(13)2)15(3)16-8-9-17-22-18(12-21(30)26(16,17)4)27(5)20(29)7-6-10-28(27,32)24-23(22)34-24/h6-7,15-19,22-24,32H,8-12H2,1-5H3. The van der Waals surface area contributed by atoms with Gasteiger partial charge in [-0.1, -0.05) is 25.5 Å². The van der Waals surface area contributed by atoms with Gasteiger partial charge < -0.3 is 14.6 Å². The molecule has 11 atom stereocenters. The molecule has 0 amide bonds. The lowest BCUT2D eigenvalue weighted by Crippen LogP contribution is -2.68. The highest BCUT2D eigenvalue weighted by Crippen LogP contribution is 2.71. The minimum Gasteiger partial charge on any atom is -0.458 e. The number of hydrogen-bond donors (Lipinski definition) is 1. The fourth-order valence-corrected chi connectivity index (χ4v) is 9.04. The lowest BCUT2D eigenvalue weighted by Gasteiger charge is -2.59. The summed E-state index contributed by atoms with van der Waals surface area (Å²) < 4.78 is 12.0. The van der Waals surface area contributed by atoms with Crippen LogP contribution in [0.5, 0.6) is 0 Å². The van der Waals surface area contributed by atoms with E-state index >= 15 is 0 Å². The van der Waals surface area contributed by atoms with Gasteiger partial charge in [-0.3, -0.25) is 9.59 Å². The Balaban J connectivity index is 1.34. The molecule has 6 aliphatic rings. The van der Waals surface area contributed by atoms with E-state index in [0.717, 1.165) is 24.8 Å². The Morgan fingerprint density at radius 1 is 1.09 bits per heavy atom. The third-order valence-electron chi connectivity index (χ3n) is 11.4. The van der Waals surface area contributed by atoms with Crippen molar-refractivity contribution in [1.29, 1.82) is 0 Å². The summed E-state index contributed by atoms with van der Waals surface area (Å²) in [6, 6.07) is 0. The third-order valence-corrected chi connectivity index (χ3v) is 11.4. The highest BCUT2D eigenvalue weighted by molar-refractivity contribution is 5.98. The topological polar surface area (TPSA) is 93.2 Å². The predicted molar refractivity (Wildman–Crippen MR) is 123 cm³/mol. The number of ketones is 2. The second kappa shape index (κ2) is 6.91. The largest absolute Gasteiger partial charge is 0.458 e. The number of Topliss-reactive ketones (excluding diaryl/α,β-unsaturated/α-hetero) is 1. The Hall–Kier alpha value is -1.79. The number of hydrogen-bond acceptors (Lipinski definition) is 6. The van der Waals surface area contributed by atoms with Gasteiger partial charge in [-0.2, -0.15) is 0 Å². The summed E-state index contributed by atoms with van der Waals surface area (Å²) in [7, 11) is 0. The second-order valence-electron chi connectivity index (χ2n) is 12.4.